The number of ether oxygens (including phenoxy) is 2. The number of likely N-dealkylation sites (tertiary alicyclic amines) is 1. The normalized spacial score (nSPS) is 15.8. The van der Waals surface area contributed by atoms with Crippen molar-refractivity contribution in [2.24, 2.45) is 0 Å². The number of aromatic nitrogens is 2. The van der Waals surface area contributed by atoms with Crippen molar-refractivity contribution in [3.8, 4) is 11.5 Å². The average Bonchev–Trinajstić information content (AvgIpc) is 3.27. The molecule has 0 atom stereocenters. The summed E-state index contributed by atoms with van der Waals surface area (Å²) in [6.45, 7) is 1.96. The Morgan fingerprint density at radius 3 is 2.50 bits per heavy atom. The zero-order valence-electron chi connectivity index (χ0n) is 16.2. The van der Waals surface area contributed by atoms with E-state index in [1.54, 1.807) is 17.0 Å². The van der Waals surface area contributed by atoms with Gasteiger partial charge in [-0.1, -0.05) is 0 Å². The number of rotatable bonds is 4. The first kappa shape index (κ1) is 20.0. The fourth-order valence-electron chi connectivity index (χ4n) is 3.45. The summed E-state index contributed by atoms with van der Waals surface area (Å²) in [7, 11) is 1.35. The third kappa shape index (κ3) is 3.79. The lowest BCUT2D eigenvalue weighted by Gasteiger charge is -2.25. The zero-order chi connectivity index (χ0) is 21.3. The van der Waals surface area contributed by atoms with Crippen molar-refractivity contribution >= 4 is 23.4 Å². The number of nitrogens with one attached hydrogen (secondary N) is 2. The highest BCUT2D eigenvalue weighted by Gasteiger charge is 2.35. The molecule has 2 aliphatic rings. The summed E-state index contributed by atoms with van der Waals surface area (Å²) in [6.07, 6.45) is -1.95. The molecule has 1 saturated heterocycles. The topological polar surface area (TPSA) is 88.6 Å². The van der Waals surface area contributed by atoms with E-state index in [0.29, 0.717) is 42.0 Å². The smallest absolute Gasteiger partial charge is 0.421 e. The van der Waals surface area contributed by atoms with Crippen molar-refractivity contribution in [2.45, 2.75) is 19.0 Å². The van der Waals surface area contributed by atoms with Gasteiger partial charge in [0, 0.05) is 26.3 Å². The minimum atomic E-state index is -4.58. The van der Waals surface area contributed by atoms with Crippen LogP contribution < -0.4 is 20.1 Å². The number of amides is 1. The maximum Gasteiger partial charge on any atom is 0.421 e. The minimum Gasteiger partial charge on any atom is -0.485 e. The largest absolute Gasteiger partial charge is 0.485 e. The predicted molar refractivity (Wildman–Crippen MR) is 102 cm³/mol. The van der Waals surface area contributed by atoms with Crippen molar-refractivity contribution in [1.29, 1.82) is 0 Å². The third-order valence-electron chi connectivity index (χ3n) is 4.89. The molecule has 2 aliphatic heterocycles. The first-order valence-electron chi connectivity index (χ1n) is 9.49. The second-order valence-corrected chi connectivity index (χ2v) is 6.84. The Labute approximate surface area is 170 Å². The molecular weight excluding hydrogens is 403 g/mol. The fourth-order valence-corrected chi connectivity index (χ4v) is 3.45. The van der Waals surface area contributed by atoms with Crippen molar-refractivity contribution < 1.29 is 27.4 Å². The van der Waals surface area contributed by atoms with Crippen LogP contribution >= 0.6 is 0 Å². The number of anilines is 3. The summed E-state index contributed by atoms with van der Waals surface area (Å²) >= 11 is 0. The van der Waals surface area contributed by atoms with Crippen LogP contribution in [0.5, 0.6) is 11.5 Å². The van der Waals surface area contributed by atoms with Gasteiger partial charge in [0.2, 0.25) is 5.95 Å². The molecule has 2 N–H and O–H groups in total. The van der Waals surface area contributed by atoms with Crippen molar-refractivity contribution in [3.63, 3.8) is 0 Å². The lowest BCUT2D eigenvalue weighted by Crippen LogP contribution is -2.29. The van der Waals surface area contributed by atoms with Gasteiger partial charge in [-0.25, -0.2) is 4.98 Å². The van der Waals surface area contributed by atoms with E-state index in [2.05, 4.69) is 20.6 Å². The molecule has 0 radical (unpaired) electrons. The van der Waals surface area contributed by atoms with Gasteiger partial charge >= 0.3 is 6.18 Å². The highest BCUT2D eigenvalue weighted by molar-refractivity contribution is 5.99. The van der Waals surface area contributed by atoms with Crippen molar-refractivity contribution in [1.82, 2.24) is 14.9 Å². The molecule has 1 amide bonds. The quantitative estimate of drug-likeness (QED) is 0.780. The van der Waals surface area contributed by atoms with Gasteiger partial charge in [-0.15, -0.1) is 0 Å². The second kappa shape index (κ2) is 7.88. The Balaban J connectivity index is 1.66. The lowest BCUT2D eigenvalue weighted by molar-refractivity contribution is -0.137. The monoisotopic (exact) mass is 423 g/mol. The van der Waals surface area contributed by atoms with E-state index in [0.717, 1.165) is 12.8 Å². The van der Waals surface area contributed by atoms with E-state index in [1.807, 2.05) is 0 Å². The summed E-state index contributed by atoms with van der Waals surface area (Å²) in [5.41, 5.74) is -0.186. The fraction of sp³-hybridized carbons (Fsp3) is 0.421. The molecule has 2 aromatic rings. The second-order valence-electron chi connectivity index (χ2n) is 6.84. The van der Waals surface area contributed by atoms with Crippen LogP contribution in [0.15, 0.2) is 18.3 Å². The van der Waals surface area contributed by atoms with Crippen LogP contribution in [-0.2, 0) is 6.18 Å². The molecule has 0 spiro atoms. The van der Waals surface area contributed by atoms with E-state index in [-0.39, 0.29) is 30.9 Å². The number of carbonyl (C=O) groups is 1. The van der Waals surface area contributed by atoms with Gasteiger partial charge in [0.15, 0.2) is 11.5 Å². The Kier molecular flexibility index (Phi) is 5.27. The van der Waals surface area contributed by atoms with Gasteiger partial charge < -0.3 is 25.0 Å². The van der Waals surface area contributed by atoms with E-state index in [4.69, 9.17) is 9.47 Å². The Morgan fingerprint density at radius 2 is 1.83 bits per heavy atom. The number of carbonyl (C=O) groups excluding carboxylic acids is 1. The van der Waals surface area contributed by atoms with Crippen LogP contribution in [0.25, 0.3) is 0 Å². The predicted octanol–water partition coefficient (Wildman–Crippen LogP) is 3.29. The Morgan fingerprint density at radius 1 is 1.13 bits per heavy atom. The van der Waals surface area contributed by atoms with Gasteiger partial charge in [-0.3, -0.25) is 4.79 Å². The van der Waals surface area contributed by atoms with Crippen LogP contribution in [0.1, 0.15) is 28.8 Å². The number of halogens is 3. The maximum atomic E-state index is 13.1. The zero-order valence-corrected chi connectivity index (χ0v) is 16.2. The molecule has 8 nitrogen and oxygen atoms in total. The number of fused-ring (bicyclic) bond motifs is 1. The standard InChI is InChI=1S/C19H20F3N5O3/c1-23-16-12(19(20,21)22)10-24-18(26-16)25-13-5-4-11(14-15(13)30-9-8-29-14)17(28)27-6-2-3-7-27/h4-5,10H,2-3,6-9H2,1H3,(H2,23,24,25,26). The molecule has 160 valence electrons. The number of benzene rings is 1. The summed E-state index contributed by atoms with van der Waals surface area (Å²) < 4.78 is 50.6. The van der Waals surface area contributed by atoms with E-state index >= 15 is 0 Å². The highest BCUT2D eigenvalue weighted by atomic mass is 19.4. The molecule has 30 heavy (non-hydrogen) atoms. The number of alkyl halides is 3. The summed E-state index contributed by atoms with van der Waals surface area (Å²) in [4.78, 5) is 22.3. The first-order valence-corrected chi connectivity index (χ1v) is 9.49. The van der Waals surface area contributed by atoms with Crippen LogP contribution in [0.3, 0.4) is 0 Å². The highest BCUT2D eigenvalue weighted by Crippen LogP contribution is 2.42. The number of hydrogen-bond donors (Lipinski definition) is 2. The SMILES string of the molecule is CNc1nc(Nc2ccc(C(=O)N3CCCC3)c3c2OCCO3)ncc1C(F)(F)F. The molecule has 3 heterocycles. The van der Waals surface area contributed by atoms with Crippen LogP contribution in [0.2, 0.25) is 0 Å². The van der Waals surface area contributed by atoms with E-state index in [9.17, 15) is 18.0 Å². The lowest BCUT2D eigenvalue weighted by atomic mass is 10.1. The Bertz CT molecular complexity index is 961. The van der Waals surface area contributed by atoms with Gasteiger partial charge in [-0.2, -0.15) is 18.2 Å². The van der Waals surface area contributed by atoms with Crippen LogP contribution in [-0.4, -0.2) is 54.1 Å². The molecule has 0 bridgehead atoms. The molecule has 0 aliphatic carbocycles. The van der Waals surface area contributed by atoms with Crippen LogP contribution in [0, 0.1) is 0 Å². The van der Waals surface area contributed by atoms with Crippen LogP contribution in [0.4, 0.5) is 30.6 Å². The molecule has 4 rings (SSSR count). The maximum absolute atomic E-state index is 13.1. The third-order valence-corrected chi connectivity index (χ3v) is 4.89. The molecule has 11 heteroatoms. The molecule has 0 saturated carbocycles. The summed E-state index contributed by atoms with van der Waals surface area (Å²) in [5.74, 6) is 0.0722. The average molecular weight is 423 g/mol. The first-order chi connectivity index (χ1) is 14.4. The molecule has 0 unspecified atom stereocenters. The van der Waals surface area contributed by atoms with Gasteiger partial charge in [0.25, 0.3) is 5.91 Å². The van der Waals surface area contributed by atoms with E-state index < -0.39 is 11.7 Å². The molecule has 1 fully saturated rings. The van der Waals surface area contributed by atoms with Gasteiger partial charge in [0.05, 0.1) is 11.3 Å². The van der Waals surface area contributed by atoms with Crippen molar-refractivity contribution in [3.05, 3.63) is 29.5 Å². The molecule has 1 aromatic heterocycles. The van der Waals surface area contributed by atoms with E-state index in [1.165, 1.54) is 7.05 Å². The van der Waals surface area contributed by atoms with Crippen molar-refractivity contribution in [2.75, 3.05) is 44.0 Å². The number of hydrogen-bond acceptors (Lipinski definition) is 7. The molecular formula is C19H20F3N5O3. The minimum absolute atomic E-state index is 0.0534. The summed E-state index contributed by atoms with van der Waals surface area (Å²) in [6, 6.07) is 3.22. The summed E-state index contributed by atoms with van der Waals surface area (Å²) in [5, 5.41) is 5.29. The number of nitrogens with zero attached hydrogens (tertiary/aromatic N) is 3. The van der Waals surface area contributed by atoms with Gasteiger partial charge in [-0.05, 0) is 25.0 Å². The van der Waals surface area contributed by atoms with Gasteiger partial charge in [0.1, 0.15) is 24.6 Å². The Hall–Kier alpha value is -3.24. The molecule has 1 aromatic carbocycles.